The van der Waals surface area contributed by atoms with Crippen LogP contribution in [0.15, 0.2) is 24.3 Å². The molecule has 0 bridgehead atoms. The summed E-state index contributed by atoms with van der Waals surface area (Å²) in [5, 5.41) is 2.45. The predicted molar refractivity (Wildman–Crippen MR) is 63.5 cm³/mol. The molecule has 0 saturated carbocycles. The molecule has 0 heterocycles. The second-order valence-corrected chi connectivity index (χ2v) is 4.26. The number of halogens is 6. The van der Waals surface area contributed by atoms with Crippen LogP contribution in [0.4, 0.5) is 26.3 Å². The molecule has 1 atom stereocenters. The molecular formula is C14H9F6N. The van der Waals surface area contributed by atoms with Crippen LogP contribution in [0.25, 0.3) is 0 Å². The topological polar surface area (TPSA) is 12.0 Å². The van der Waals surface area contributed by atoms with E-state index in [0.717, 1.165) is 12.1 Å². The van der Waals surface area contributed by atoms with Crippen molar-refractivity contribution >= 4 is 0 Å². The third kappa shape index (κ3) is 2.61. The van der Waals surface area contributed by atoms with Crippen LogP contribution in [-0.4, -0.2) is 7.05 Å². The first-order valence-electron chi connectivity index (χ1n) is 5.82. The van der Waals surface area contributed by atoms with Crippen molar-refractivity contribution in [2.45, 2.75) is 6.04 Å². The molecule has 112 valence electrons. The average Bonchev–Trinajstić information content (AvgIpc) is 2.49. The molecule has 0 aromatic heterocycles. The summed E-state index contributed by atoms with van der Waals surface area (Å²) >= 11 is 0. The third-order valence-corrected chi connectivity index (χ3v) is 3.02. The van der Waals surface area contributed by atoms with Crippen LogP contribution in [-0.2, 0) is 0 Å². The fraction of sp³-hybridized carbons (Fsp3) is 0.143. The lowest BCUT2D eigenvalue weighted by atomic mass is 9.97. The van der Waals surface area contributed by atoms with Gasteiger partial charge in [-0.3, -0.25) is 0 Å². The molecule has 1 unspecified atom stereocenters. The van der Waals surface area contributed by atoms with Gasteiger partial charge in [0.15, 0.2) is 23.3 Å². The highest BCUT2D eigenvalue weighted by Crippen LogP contribution is 2.31. The lowest BCUT2D eigenvalue weighted by Crippen LogP contribution is -2.22. The van der Waals surface area contributed by atoms with E-state index in [2.05, 4.69) is 5.32 Å². The van der Waals surface area contributed by atoms with Crippen molar-refractivity contribution in [1.82, 2.24) is 5.32 Å². The number of nitrogens with one attached hydrogen (secondary N) is 1. The Balaban J connectivity index is 2.65. The minimum absolute atomic E-state index is 0.155. The average molecular weight is 305 g/mol. The van der Waals surface area contributed by atoms with Gasteiger partial charge in [-0.2, -0.15) is 0 Å². The fourth-order valence-corrected chi connectivity index (χ4v) is 2.01. The van der Waals surface area contributed by atoms with Crippen molar-refractivity contribution < 1.29 is 26.3 Å². The normalized spacial score (nSPS) is 12.5. The molecule has 2 rings (SSSR count). The molecule has 7 heteroatoms. The van der Waals surface area contributed by atoms with E-state index in [-0.39, 0.29) is 5.56 Å². The van der Waals surface area contributed by atoms with E-state index in [0.29, 0.717) is 0 Å². The number of benzene rings is 2. The molecule has 2 aromatic rings. The van der Waals surface area contributed by atoms with Gasteiger partial charge in [-0.05, 0) is 24.7 Å². The first kappa shape index (κ1) is 15.4. The molecule has 1 N–H and O–H groups in total. The summed E-state index contributed by atoms with van der Waals surface area (Å²) in [6.07, 6.45) is 0. The molecule has 0 amide bonds. The summed E-state index contributed by atoms with van der Waals surface area (Å²) in [5.41, 5.74) is -0.859. The van der Waals surface area contributed by atoms with E-state index in [4.69, 9.17) is 0 Å². The summed E-state index contributed by atoms with van der Waals surface area (Å²) in [4.78, 5) is 0. The maximum absolute atomic E-state index is 13.8. The Morgan fingerprint density at radius 2 is 1.14 bits per heavy atom. The van der Waals surface area contributed by atoms with Gasteiger partial charge in [0.1, 0.15) is 5.82 Å². The van der Waals surface area contributed by atoms with Crippen LogP contribution in [0, 0.1) is 34.9 Å². The van der Waals surface area contributed by atoms with Gasteiger partial charge in [0.25, 0.3) is 0 Å². The Morgan fingerprint density at radius 1 is 0.714 bits per heavy atom. The Kier molecular flexibility index (Phi) is 4.22. The van der Waals surface area contributed by atoms with Crippen molar-refractivity contribution in [3.63, 3.8) is 0 Å². The van der Waals surface area contributed by atoms with Gasteiger partial charge in [-0.25, -0.2) is 26.3 Å². The summed E-state index contributed by atoms with van der Waals surface area (Å²) in [6, 6.07) is 3.11. The number of hydrogen-bond acceptors (Lipinski definition) is 1. The van der Waals surface area contributed by atoms with E-state index in [9.17, 15) is 26.3 Å². The number of hydrogen-bond donors (Lipinski definition) is 1. The van der Waals surface area contributed by atoms with Crippen LogP contribution >= 0.6 is 0 Å². The first-order valence-corrected chi connectivity index (χ1v) is 5.82. The summed E-state index contributed by atoms with van der Waals surface area (Å²) < 4.78 is 79.9. The van der Waals surface area contributed by atoms with Crippen LogP contribution < -0.4 is 5.32 Å². The zero-order chi connectivity index (χ0) is 15.7. The van der Waals surface area contributed by atoms with E-state index in [1.807, 2.05) is 0 Å². The van der Waals surface area contributed by atoms with E-state index < -0.39 is 46.5 Å². The van der Waals surface area contributed by atoms with Crippen molar-refractivity contribution in [1.29, 1.82) is 0 Å². The van der Waals surface area contributed by atoms with Crippen molar-refractivity contribution in [2.75, 3.05) is 7.05 Å². The molecule has 0 fully saturated rings. The zero-order valence-electron chi connectivity index (χ0n) is 10.7. The van der Waals surface area contributed by atoms with Gasteiger partial charge in [0, 0.05) is 0 Å². The molecule has 0 saturated heterocycles. The van der Waals surface area contributed by atoms with Gasteiger partial charge in [0.05, 0.1) is 11.6 Å². The summed E-state index contributed by atoms with van der Waals surface area (Å²) in [6.45, 7) is 0. The highest BCUT2D eigenvalue weighted by molar-refractivity contribution is 5.35. The van der Waals surface area contributed by atoms with Gasteiger partial charge >= 0.3 is 0 Å². The maximum atomic E-state index is 13.8. The largest absolute Gasteiger partial charge is 0.309 e. The maximum Gasteiger partial charge on any atom is 0.200 e. The van der Waals surface area contributed by atoms with Gasteiger partial charge < -0.3 is 5.32 Å². The van der Waals surface area contributed by atoms with E-state index in [1.54, 1.807) is 0 Å². The van der Waals surface area contributed by atoms with E-state index in [1.165, 1.54) is 19.2 Å². The highest BCUT2D eigenvalue weighted by atomic mass is 19.2. The standard InChI is InChI=1S/C14H9F6N/c1-21-14(6-2-4-7(15)5-3-6)8-9(16)11(18)13(20)12(19)10(8)17/h2-5,14,21H,1H3. The van der Waals surface area contributed by atoms with Crippen LogP contribution in [0.3, 0.4) is 0 Å². The Labute approximate surface area is 116 Å². The van der Waals surface area contributed by atoms with Crippen molar-refractivity contribution in [2.24, 2.45) is 0 Å². The minimum Gasteiger partial charge on any atom is -0.309 e. The minimum atomic E-state index is -2.22. The fourth-order valence-electron chi connectivity index (χ4n) is 2.01. The second kappa shape index (κ2) is 5.77. The molecule has 0 aliphatic rings. The Bertz CT molecular complexity index is 639. The molecular weight excluding hydrogens is 296 g/mol. The van der Waals surface area contributed by atoms with Crippen LogP contribution in [0.2, 0.25) is 0 Å². The van der Waals surface area contributed by atoms with Gasteiger partial charge in [0.2, 0.25) is 5.82 Å². The molecule has 2 aromatic carbocycles. The summed E-state index contributed by atoms with van der Waals surface area (Å²) in [7, 11) is 1.28. The molecule has 0 aliphatic heterocycles. The molecule has 0 spiro atoms. The molecule has 21 heavy (non-hydrogen) atoms. The van der Waals surface area contributed by atoms with Crippen molar-refractivity contribution in [3.8, 4) is 0 Å². The smallest absolute Gasteiger partial charge is 0.200 e. The van der Waals surface area contributed by atoms with Crippen LogP contribution in [0.1, 0.15) is 17.2 Å². The lowest BCUT2D eigenvalue weighted by Gasteiger charge is -2.19. The molecule has 0 radical (unpaired) electrons. The highest BCUT2D eigenvalue weighted by Gasteiger charge is 2.30. The lowest BCUT2D eigenvalue weighted by molar-refractivity contribution is 0.364. The Morgan fingerprint density at radius 3 is 1.57 bits per heavy atom. The monoisotopic (exact) mass is 305 g/mol. The first-order chi connectivity index (χ1) is 9.88. The molecule has 1 nitrogen and oxygen atoms in total. The van der Waals surface area contributed by atoms with Crippen molar-refractivity contribution in [3.05, 3.63) is 70.3 Å². The third-order valence-electron chi connectivity index (χ3n) is 3.02. The Hall–Kier alpha value is -2.02. The van der Waals surface area contributed by atoms with Crippen LogP contribution in [0.5, 0.6) is 0 Å². The quantitative estimate of drug-likeness (QED) is 0.516. The van der Waals surface area contributed by atoms with E-state index >= 15 is 0 Å². The summed E-state index contributed by atoms with van der Waals surface area (Å²) in [5.74, 6) is -10.7. The SMILES string of the molecule is CNC(c1ccc(F)cc1)c1c(F)c(F)c(F)c(F)c1F. The predicted octanol–water partition coefficient (Wildman–Crippen LogP) is 3.83. The number of rotatable bonds is 3. The van der Waals surface area contributed by atoms with Gasteiger partial charge in [-0.1, -0.05) is 12.1 Å². The second-order valence-electron chi connectivity index (χ2n) is 4.26. The molecule has 0 aliphatic carbocycles. The van der Waals surface area contributed by atoms with Gasteiger partial charge in [-0.15, -0.1) is 0 Å². The zero-order valence-corrected chi connectivity index (χ0v) is 10.7.